The van der Waals surface area contributed by atoms with Crippen LogP contribution in [0.25, 0.3) is 28.1 Å². The fraction of sp³-hybridized carbons (Fsp3) is 0.300. The monoisotopic (exact) mass is 401 g/mol. The van der Waals surface area contributed by atoms with E-state index in [-0.39, 0.29) is 11.2 Å². The van der Waals surface area contributed by atoms with Gasteiger partial charge in [0.05, 0.1) is 16.2 Å². The van der Waals surface area contributed by atoms with E-state index in [1.54, 1.807) is 31.3 Å². The molecule has 0 radical (unpaired) electrons. The molecule has 0 amide bonds. The third-order valence-corrected chi connectivity index (χ3v) is 6.88. The fourth-order valence-corrected chi connectivity index (χ4v) is 4.53. The van der Waals surface area contributed by atoms with Crippen molar-refractivity contribution >= 4 is 38.4 Å². The van der Waals surface area contributed by atoms with Crippen molar-refractivity contribution in [1.82, 2.24) is 9.97 Å². The molecule has 0 spiro atoms. The van der Waals surface area contributed by atoms with Gasteiger partial charge in [0.1, 0.15) is 5.49 Å². The summed E-state index contributed by atoms with van der Waals surface area (Å²) in [7, 11) is -3.29. The summed E-state index contributed by atoms with van der Waals surface area (Å²) in [5.41, 5.74) is 3.07. The second-order valence-corrected chi connectivity index (χ2v) is 10.1. The third-order valence-electron chi connectivity index (χ3n) is 4.86. The summed E-state index contributed by atoms with van der Waals surface area (Å²) in [5, 5.41) is 2.29. The summed E-state index contributed by atoms with van der Waals surface area (Å²) in [6.45, 7) is 6.60. The van der Waals surface area contributed by atoms with Crippen LogP contribution in [0.2, 0.25) is 5.15 Å². The van der Waals surface area contributed by atoms with Gasteiger partial charge in [-0.3, -0.25) is 4.99 Å². The van der Waals surface area contributed by atoms with E-state index >= 15 is 0 Å². The molecular formula is C20H20ClN3O2S. The second kappa shape index (κ2) is 6.17. The Bertz CT molecular complexity index is 1290. The van der Waals surface area contributed by atoms with Crippen LogP contribution in [0.1, 0.15) is 20.8 Å². The molecule has 3 heterocycles. The number of rotatable bonds is 3. The highest BCUT2D eigenvalue weighted by atomic mass is 35.5. The van der Waals surface area contributed by atoms with E-state index in [9.17, 15) is 8.42 Å². The van der Waals surface area contributed by atoms with Crippen molar-refractivity contribution < 1.29 is 8.42 Å². The molecule has 140 valence electrons. The summed E-state index contributed by atoms with van der Waals surface area (Å²) in [6, 6.07) is 6.98. The maximum Gasteiger partial charge on any atom is 0.178 e. The van der Waals surface area contributed by atoms with Gasteiger partial charge >= 0.3 is 0 Å². The van der Waals surface area contributed by atoms with E-state index in [1.807, 2.05) is 6.07 Å². The van der Waals surface area contributed by atoms with E-state index in [0.717, 1.165) is 32.7 Å². The quantitative estimate of drug-likeness (QED) is 0.685. The average molecular weight is 402 g/mol. The first kappa shape index (κ1) is 18.2. The van der Waals surface area contributed by atoms with Crippen LogP contribution in [-0.4, -0.2) is 30.7 Å². The maximum absolute atomic E-state index is 12.3. The van der Waals surface area contributed by atoms with Gasteiger partial charge in [-0.1, -0.05) is 50.6 Å². The molecule has 0 saturated carbocycles. The maximum atomic E-state index is 12.3. The smallest absolute Gasteiger partial charge is 0.178 e. The van der Waals surface area contributed by atoms with Crippen LogP contribution in [0.5, 0.6) is 0 Å². The molecule has 0 fully saturated rings. The van der Waals surface area contributed by atoms with Gasteiger partial charge in [0.15, 0.2) is 15.0 Å². The molecule has 0 bridgehead atoms. The first-order valence-corrected chi connectivity index (χ1v) is 10.8. The predicted molar refractivity (Wildman–Crippen MR) is 108 cm³/mol. The zero-order valence-corrected chi connectivity index (χ0v) is 16.9. The number of nitrogens with zero attached hydrogens (tertiary/aromatic N) is 2. The minimum Gasteiger partial charge on any atom is -0.337 e. The number of fused-ring (bicyclic) bond motifs is 3. The van der Waals surface area contributed by atoms with Crippen molar-refractivity contribution in [2.45, 2.75) is 25.7 Å². The lowest BCUT2D eigenvalue weighted by Gasteiger charge is -2.19. The van der Waals surface area contributed by atoms with Gasteiger partial charge in [0, 0.05) is 34.3 Å². The molecule has 1 N–H and O–H groups in total. The molecule has 0 atom stereocenters. The summed E-state index contributed by atoms with van der Waals surface area (Å²) in [6.07, 6.45) is 3.90. The largest absolute Gasteiger partial charge is 0.337 e. The van der Waals surface area contributed by atoms with Crippen LogP contribution in [0.4, 0.5) is 0 Å². The summed E-state index contributed by atoms with van der Waals surface area (Å²) >= 11 is 6.34. The zero-order valence-electron chi connectivity index (χ0n) is 15.4. The minimum absolute atomic E-state index is 0.0606. The van der Waals surface area contributed by atoms with Crippen LogP contribution < -0.4 is 10.7 Å². The Morgan fingerprint density at radius 1 is 1.30 bits per heavy atom. The van der Waals surface area contributed by atoms with E-state index in [0.29, 0.717) is 16.6 Å². The first-order valence-electron chi connectivity index (χ1n) is 8.78. The number of aromatic amines is 1. The average Bonchev–Trinajstić information content (AvgIpc) is 3.01. The van der Waals surface area contributed by atoms with Crippen LogP contribution in [0.15, 0.2) is 40.4 Å². The molecule has 2 aromatic heterocycles. The van der Waals surface area contributed by atoms with Crippen LogP contribution in [0, 0.1) is 5.41 Å². The molecule has 1 aromatic carbocycles. The Kier molecular flexibility index (Phi) is 4.16. The van der Waals surface area contributed by atoms with Gasteiger partial charge in [-0.15, -0.1) is 0 Å². The number of hydrogen-bond acceptors (Lipinski definition) is 4. The lowest BCUT2D eigenvalue weighted by atomic mass is 9.90. The Labute approximate surface area is 162 Å². The molecule has 27 heavy (non-hydrogen) atoms. The number of benzene rings is 1. The number of nitrogens with one attached hydrogen (secondary N) is 1. The highest BCUT2D eigenvalue weighted by molar-refractivity contribution is 7.91. The Morgan fingerprint density at radius 2 is 2.07 bits per heavy atom. The Morgan fingerprint density at radius 3 is 2.81 bits per heavy atom. The highest BCUT2D eigenvalue weighted by Crippen LogP contribution is 2.30. The highest BCUT2D eigenvalue weighted by Gasteiger charge is 2.22. The number of H-pyrrole nitrogens is 1. The van der Waals surface area contributed by atoms with E-state index in [4.69, 9.17) is 11.6 Å². The molecule has 0 unspecified atom stereocenters. The third kappa shape index (κ3) is 3.07. The van der Waals surface area contributed by atoms with Gasteiger partial charge in [0.2, 0.25) is 0 Å². The molecule has 3 aromatic rings. The van der Waals surface area contributed by atoms with Crippen LogP contribution in [0.3, 0.4) is 0 Å². The lowest BCUT2D eigenvalue weighted by molar-refractivity contribution is 0.516. The number of sulfone groups is 1. The van der Waals surface area contributed by atoms with Crippen molar-refractivity contribution in [3.8, 4) is 11.1 Å². The van der Waals surface area contributed by atoms with Gasteiger partial charge in [-0.05, 0) is 17.7 Å². The van der Waals surface area contributed by atoms with Gasteiger partial charge in [0.25, 0.3) is 0 Å². The Balaban J connectivity index is 2.07. The van der Waals surface area contributed by atoms with E-state index in [2.05, 4.69) is 34.9 Å². The molecule has 7 heteroatoms. The summed E-state index contributed by atoms with van der Waals surface area (Å²) < 4.78 is 24.6. The number of pyridine rings is 1. The molecular weight excluding hydrogens is 382 g/mol. The van der Waals surface area contributed by atoms with Crippen molar-refractivity contribution in [3.05, 3.63) is 46.3 Å². The van der Waals surface area contributed by atoms with Crippen molar-refractivity contribution in [1.29, 1.82) is 0 Å². The topological polar surface area (TPSA) is 75.2 Å². The molecule has 0 saturated heterocycles. The number of aromatic nitrogens is 2. The minimum atomic E-state index is -3.29. The standard InChI is InChI=1S/C20H20ClN3O2S/c1-4-27(25,26)13-7-5-6-12(8-13)15-10-22-18(21)17-16(15)14-9-20(2,3)11-23-19(14)24-17/h5-10H,4,11H2,1-3H3,(H,23,24). The number of hydrogen-bond donors (Lipinski definition) is 1. The first-order chi connectivity index (χ1) is 12.7. The SMILES string of the molecule is CCS(=O)(=O)c1cccc(-c2cnc(Cl)c3[nH]c4c(c23)=CC(C)(C)CN=4)c1. The van der Waals surface area contributed by atoms with Gasteiger partial charge in [-0.2, -0.15) is 0 Å². The van der Waals surface area contributed by atoms with Gasteiger partial charge in [-0.25, -0.2) is 13.4 Å². The van der Waals surface area contributed by atoms with E-state index < -0.39 is 9.84 Å². The normalized spacial score (nSPS) is 15.9. The van der Waals surface area contributed by atoms with E-state index in [1.165, 1.54) is 0 Å². The van der Waals surface area contributed by atoms with Crippen molar-refractivity contribution in [2.24, 2.45) is 10.4 Å². The number of halogens is 1. The zero-order chi connectivity index (χ0) is 19.4. The molecule has 0 aliphatic carbocycles. The second-order valence-electron chi connectivity index (χ2n) is 7.48. The molecule has 5 nitrogen and oxygen atoms in total. The molecule has 1 aliphatic heterocycles. The van der Waals surface area contributed by atoms with Crippen molar-refractivity contribution in [2.75, 3.05) is 12.3 Å². The van der Waals surface area contributed by atoms with Crippen molar-refractivity contribution in [3.63, 3.8) is 0 Å². The summed E-state index contributed by atoms with van der Waals surface area (Å²) in [5.74, 6) is 0.0606. The lowest BCUT2D eigenvalue weighted by Crippen LogP contribution is -2.33. The van der Waals surface area contributed by atoms with Crippen LogP contribution >= 0.6 is 11.6 Å². The van der Waals surface area contributed by atoms with Gasteiger partial charge < -0.3 is 4.98 Å². The molecule has 4 rings (SSSR count). The fourth-order valence-electron chi connectivity index (χ4n) is 3.41. The molecule has 1 aliphatic rings. The van der Waals surface area contributed by atoms with Crippen LogP contribution in [-0.2, 0) is 9.84 Å². The summed E-state index contributed by atoms with van der Waals surface area (Å²) in [4.78, 5) is 12.6. The Hall–Kier alpha value is -2.18. The predicted octanol–water partition coefficient (Wildman–Crippen LogP) is 3.12.